The minimum absolute atomic E-state index is 0.112. The van der Waals surface area contributed by atoms with Crippen LogP contribution in [-0.2, 0) is 16.4 Å². The maximum Gasteiger partial charge on any atom is 0.164 e. The van der Waals surface area contributed by atoms with Gasteiger partial charge in [0.25, 0.3) is 0 Å². The molecular formula is C13H21NO3S. The van der Waals surface area contributed by atoms with Crippen LogP contribution in [0.3, 0.4) is 0 Å². The monoisotopic (exact) mass is 271 g/mol. The summed E-state index contributed by atoms with van der Waals surface area (Å²) >= 11 is 0. The predicted octanol–water partition coefficient (Wildman–Crippen LogP) is 2.29. The summed E-state index contributed by atoms with van der Waals surface area (Å²) < 4.78 is 25.1. The molecule has 1 heterocycles. The molecular weight excluding hydrogens is 250 g/mol. The van der Waals surface area contributed by atoms with E-state index in [4.69, 9.17) is 0 Å². The highest BCUT2D eigenvalue weighted by Gasteiger charge is 2.16. The van der Waals surface area contributed by atoms with Gasteiger partial charge < -0.3 is 4.57 Å². The van der Waals surface area contributed by atoms with Gasteiger partial charge in [-0.2, -0.15) is 0 Å². The summed E-state index contributed by atoms with van der Waals surface area (Å²) in [4.78, 5) is 11.6. The molecule has 0 saturated carbocycles. The van der Waals surface area contributed by atoms with Crippen molar-refractivity contribution in [3.63, 3.8) is 0 Å². The van der Waals surface area contributed by atoms with E-state index in [-0.39, 0.29) is 16.8 Å². The van der Waals surface area contributed by atoms with Gasteiger partial charge >= 0.3 is 0 Å². The number of aromatic nitrogens is 1. The van der Waals surface area contributed by atoms with E-state index in [1.165, 1.54) is 0 Å². The van der Waals surface area contributed by atoms with Crippen LogP contribution in [0.5, 0.6) is 0 Å². The number of aryl methyl sites for hydroxylation is 1. The van der Waals surface area contributed by atoms with Gasteiger partial charge in [-0.25, -0.2) is 8.42 Å². The fourth-order valence-electron chi connectivity index (χ4n) is 1.58. The summed E-state index contributed by atoms with van der Waals surface area (Å²) in [6.45, 7) is 5.73. The van der Waals surface area contributed by atoms with Crippen LogP contribution in [0.2, 0.25) is 0 Å². The number of Topliss-reactive ketones (excluding diaryl/α,β-unsaturated/α-hetero) is 1. The summed E-state index contributed by atoms with van der Waals surface area (Å²) in [6, 6.07) is 1.75. The molecule has 18 heavy (non-hydrogen) atoms. The minimum atomic E-state index is -3.02. The molecule has 1 aromatic heterocycles. The van der Waals surface area contributed by atoms with E-state index < -0.39 is 9.84 Å². The summed E-state index contributed by atoms with van der Waals surface area (Å²) in [7, 11) is -3.02. The van der Waals surface area contributed by atoms with Gasteiger partial charge in [-0.1, -0.05) is 6.92 Å². The zero-order valence-electron chi connectivity index (χ0n) is 11.2. The Morgan fingerprint density at radius 2 is 2.06 bits per heavy atom. The zero-order valence-corrected chi connectivity index (χ0v) is 12.0. The molecule has 1 aromatic rings. The first kappa shape index (κ1) is 15.0. The predicted molar refractivity (Wildman–Crippen MR) is 72.6 cm³/mol. The average molecular weight is 271 g/mol. The Bertz CT molecular complexity index is 500. The van der Waals surface area contributed by atoms with Crippen LogP contribution in [0, 0.1) is 0 Å². The molecule has 0 fully saturated rings. The molecule has 0 amide bonds. The molecule has 0 atom stereocenters. The minimum Gasteiger partial charge on any atom is -0.352 e. The molecule has 0 aliphatic carbocycles. The second-order valence-corrected chi connectivity index (χ2v) is 7.40. The van der Waals surface area contributed by atoms with Gasteiger partial charge in [-0.05, 0) is 26.3 Å². The van der Waals surface area contributed by atoms with Crippen molar-refractivity contribution >= 4 is 15.6 Å². The molecule has 0 spiro atoms. The average Bonchev–Trinajstić information content (AvgIpc) is 2.75. The van der Waals surface area contributed by atoms with E-state index >= 15 is 0 Å². The number of ketones is 1. The highest BCUT2D eigenvalue weighted by atomic mass is 32.2. The summed E-state index contributed by atoms with van der Waals surface area (Å²) in [5.41, 5.74) is 0.666. The largest absolute Gasteiger partial charge is 0.352 e. The first-order chi connectivity index (χ1) is 8.36. The Kier molecular flexibility index (Phi) is 5.14. The number of nitrogens with zero attached hydrogens (tertiary/aromatic N) is 1. The molecule has 0 radical (unpaired) electrons. The summed E-state index contributed by atoms with van der Waals surface area (Å²) in [5.74, 6) is 0.226. The van der Waals surface area contributed by atoms with Crippen molar-refractivity contribution in [3.05, 3.63) is 24.0 Å². The Hall–Kier alpha value is -1.10. The zero-order chi connectivity index (χ0) is 13.8. The van der Waals surface area contributed by atoms with Crippen LogP contribution in [0.4, 0.5) is 0 Å². The van der Waals surface area contributed by atoms with E-state index in [1.807, 2.05) is 6.92 Å². The molecule has 0 aliphatic rings. The topological polar surface area (TPSA) is 56.1 Å². The van der Waals surface area contributed by atoms with Gasteiger partial charge in [0.15, 0.2) is 15.6 Å². The lowest BCUT2D eigenvalue weighted by Crippen LogP contribution is -2.20. The first-order valence-electron chi connectivity index (χ1n) is 6.27. The molecule has 0 aliphatic heterocycles. The second-order valence-electron chi connectivity index (χ2n) is 4.73. The molecule has 0 N–H and O–H groups in total. The van der Waals surface area contributed by atoms with Crippen molar-refractivity contribution < 1.29 is 13.2 Å². The maximum atomic E-state index is 11.7. The lowest BCUT2D eigenvalue weighted by atomic mass is 10.1. The van der Waals surface area contributed by atoms with Gasteiger partial charge in [-0.15, -0.1) is 0 Å². The van der Waals surface area contributed by atoms with Crippen molar-refractivity contribution in [1.29, 1.82) is 0 Å². The Morgan fingerprint density at radius 3 is 2.61 bits per heavy atom. The number of rotatable bonds is 7. The van der Waals surface area contributed by atoms with Gasteiger partial charge in [0.2, 0.25) is 0 Å². The van der Waals surface area contributed by atoms with Crippen molar-refractivity contribution in [1.82, 2.24) is 4.57 Å². The van der Waals surface area contributed by atoms with Gasteiger partial charge in [0.05, 0.1) is 11.0 Å². The van der Waals surface area contributed by atoms with E-state index in [2.05, 4.69) is 0 Å². The van der Waals surface area contributed by atoms with E-state index in [1.54, 1.807) is 36.9 Å². The second kappa shape index (κ2) is 6.18. The molecule has 1 rings (SSSR count). The maximum absolute atomic E-state index is 11.7. The van der Waals surface area contributed by atoms with Gasteiger partial charge in [0, 0.05) is 30.9 Å². The normalized spacial score (nSPS) is 12.0. The van der Waals surface area contributed by atoms with Crippen molar-refractivity contribution in [3.8, 4) is 0 Å². The van der Waals surface area contributed by atoms with Crippen LogP contribution in [0.25, 0.3) is 0 Å². The molecule has 4 nitrogen and oxygen atoms in total. The van der Waals surface area contributed by atoms with E-state index in [0.29, 0.717) is 18.5 Å². The highest BCUT2D eigenvalue weighted by molar-refractivity contribution is 7.91. The molecule has 0 unspecified atom stereocenters. The van der Waals surface area contributed by atoms with E-state index in [9.17, 15) is 13.2 Å². The number of carbonyl (C=O) groups is 1. The SMILES string of the molecule is CCCC(=O)c1ccn(CCS(=O)(=O)C(C)C)c1. The third-order valence-corrected chi connectivity index (χ3v) is 5.09. The van der Waals surface area contributed by atoms with Crippen molar-refractivity contribution in [2.75, 3.05) is 5.75 Å². The van der Waals surface area contributed by atoms with Crippen LogP contribution < -0.4 is 0 Å². The standard InChI is InChI=1S/C13H21NO3S/c1-4-5-13(15)12-6-7-14(10-12)8-9-18(16,17)11(2)3/h6-7,10-11H,4-5,8-9H2,1-3H3. The van der Waals surface area contributed by atoms with E-state index in [0.717, 1.165) is 6.42 Å². The Labute approximate surface area is 109 Å². The van der Waals surface area contributed by atoms with Crippen molar-refractivity contribution in [2.24, 2.45) is 0 Å². The molecule has 102 valence electrons. The van der Waals surface area contributed by atoms with Crippen LogP contribution in [0.15, 0.2) is 18.5 Å². The quantitative estimate of drug-likeness (QED) is 0.715. The molecule has 0 bridgehead atoms. The smallest absolute Gasteiger partial charge is 0.164 e. The molecule has 0 aromatic carbocycles. The van der Waals surface area contributed by atoms with Gasteiger partial charge in [-0.3, -0.25) is 4.79 Å². The molecule has 5 heteroatoms. The Morgan fingerprint density at radius 1 is 1.39 bits per heavy atom. The van der Waals surface area contributed by atoms with Crippen LogP contribution in [-0.4, -0.2) is 29.8 Å². The molecule has 0 saturated heterocycles. The first-order valence-corrected chi connectivity index (χ1v) is 7.99. The Balaban J connectivity index is 2.63. The van der Waals surface area contributed by atoms with Gasteiger partial charge in [0.1, 0.15) is 0 Å². The van der Waals surface area contributed by atoms with Crippen LogP contribution >= 0.6 is 0 Å². The third kappa shape index (κ3) is 3.98. The lowest BCUT2D eigenvalue weighted by molar-refractivity contribution is 0.0981. The highest BCUT2D eigenvalue weighted by Crippen LogP contribution is 2.08. The third-order valence-electron chi connectivity index (χ3n) is 2.90. The fourth-order valence-corrected chi connectivity index (χ4v) is 2.52. The summed E-state index contributed by atoms with van der Waals surface area (Å²) in [5, 5.41) is -0.353. The number of hydrogen-bond acceptors (Lipinski definition) is 3. The van der Waals surface area contributed by atoms with Crippen LogP contribution in [0.1, 0.15) is 44.0 Å². The fraction of sp³-hybridized carbons (Fsp3) is 0.615. The number of carbonyl (C=O) groups excluding carboxylic acids is 1. The number of sulfone groups is 1. The van der Waals surface area contributed by atoms with Crippen molar-refractivity contribution in [2.45, 2.75) is 45.4 Å². The number of hydrogen-bond donors (Lipinski definition) is 0. The lowest BCUT2D eigenvalue weighted by Gasteiger charge is -2.07. The summed E-state index contributed by atoms with van der Waals surface area (Å²) in [6.07, 6.45) is 4.85.